The van der Waals surface area contributed by atoms with E-state index in [1.807, 2.05) is 68.4 Å². The predicted octanol–water partition coefficient (Wildman–Crippen LogP) is 4.26. The number of rotatable bonds is 6. The van der Waals surface area contributed by atoms with E-state index in [-0.39, 0.29) is 17.7 Å². The molecule has 0 bridgehead atoms. The van der Waals surface area contributed by atoms with Gasteiger partial charge in [-0.1, -0.05) is 30.3 Å². The van der Waals surface area contributed by atoms with Gasteiger partial charge in [0.05, 0.1) is 11.8 Å². The Kier molecular flexibility index (Phi) is 5.43. The molecule has 0 aliphatic carbocycles. The van der Waals surface area contributed by atoms with Crippen LogP contribution in [0.25, 0.3) is 0 Å². The Morgan fingerprint density at radius 1 is 1.00 bits per heavy atom. The van der Waals surface area contributed by atoms with Crippen LogP contribution in [0.4, 0.5) is 17.2 Å². The van der Waals surface area contributed by atoms with Crippen molar-refractivity contribution in [2.45, 2.75) is 20.0 Å². The summed E-state index contributed by atoms with van der Waals surface area (Å²) in [7, 11) is 0. The molecule has 0 unspecified atom stereocenters. The second kappa shape index (κ2) is 8.11. The van der Waals surface area contributed by atoms with Crippen LogP contribution in [0.1, 0.15) is 24.3 Å². The van der Waals surface area contributed by atoms with Crippen LogP contribution in [-0.2, 0) is 0 Å². The van der Waals surface area contributed by atoms with Crippen molar-refractivity contribution >= 4 is 23.1 Å². The first kappa shape index (κ1) is 17.4. The highest BCUT2D eigenvalue weighted by Gasteiger charge is 2.11. The van der Waals surface area contributed by atoms with Crippen molar-refractivity contribution in [2.75, 3.05) is 10.6 Å². The monoisotopic (exact) mass is 348 g/mol. The molecule has 1 heterocycles. The molecule has 0 fully saturated rings. The van der Waals surface area contributed by atoms with E-state index in [1.165, 1.54) is 6.33 Å². The summed E-state index contributed by atoms with van der Waals surface area (Å²) in [6.45, 7) is 3.93. The molecule has 2 aromatic carbocycles. The fourth-order valence-electron chi connectivity index (χ4n) is 2.33. The van der Waals surface area contributed by atoms with Gasteiger partial charge in [-0.25, -0.2) is 9.97 Å². The number of carbonyl (C=O) groups is 1. The lowest BCUT2D eigenvalue weighted by Crippen LogP contribution is -2.14. The van der Waals surface area contributed by atoms with E-state index in [4.69, 9.17) is 4.74 Å². The van der Waals surface area contributed by atoms with E-state index in [1.54, 1.807) is 6.07 Å². The molecule has 1 amide bonds. The molecule has 0 saturated heterocycles. The van der Waals surface area contributed by atoms with Gasteiger partial charge in [-0.3, -0.25) is 4.79 Å². The molecule has 132 valence electrons. The zero-order valence-electron chi connectivity index (χ0n) is 14.6. The normalized spacial score (nSPS) is 10.4. The molecule has 3 rings (SSSR count). The van der Waals surface area contributed by atoms with Gasteiger partial charge in [-0.05, 0) is 38.1 Å². The van der Waals surface area contributed by atoms with Crippen LogP contribution in [0, 0.1) is 0 Å². The zero-order valence-corrected chi connectivity index (χ0v) is 14.6. The number of ether oxygens (including phenoxy) is 1. The van der Waals surface area contributed by atoms with Gasteiger partial charge in [0.2, 0.25) is 0 Å². The van der Waals surface area contributed by atoms with Crippen LogP contribution < -0.4 is 15.4 Å². The van der Waals surface area contributed by atoms with Gasteiger partial charge in [0, 0.05) is 11.8 Å². The van der Waals surface area contributed by atoms with Crippen LogP contribution in [0.5, 0.6) is 5.75 Å². The van der Waals surface area contributed by atoms with E-state index in [0.717, 1.165) is 11.4 Å². The first-order valence-electron chi connectivity index (χ1n) is 8.33. The van der Waals surface area contributed by atoms with Crippen molar-refractivity contribution in [3.63, 3.8) is 0 Å². The second-order valence-electron chi connectivity index (χ2n) is 5.90. The van der Waals surface area contributed by atoms with Crippen molar-refractivity contribution in [1.82, 2.24) is 9.97 Å². The van der Waals surface area contributed by atoms with Crippen molar-refractivity contribution < 1.29 is 9.53 Å². The van der Waals surface area contributed by atoms with Crippen LogP contribution in [0.3, 0.4) is 0 Å². The Morgan fingerprint density at radius 2 is 1.73 bits per heavy atom. The van der Waals surface area contributed by atoms with Crippen LogP contribution in [0.2, 0.25) is 0 Å². The maximum atomic E-state index is 12.4. The summed E-state index contributed by atoms with van der Waals surface area (Å²) in [6.07, 6.45) is 1.41. The number of nitrogens with one attached hydrogen (secondary N) is 2. The standard InChI is InChI=1S/C20H20N4O2/c1-14(2)26-18-11-7-6-10-16(18)24-19-12-17(21-13-22-19)20(25)23-15-8-4-3-5-9-15/h3-14H,1-2H3,(H,23,25)(H,21,22,24). The third-order valence-electron chi connectivity index (χ3n) is 3.44. The Morgan fingerprint density at radius 3 is 2.50 bits per heavy atom. The van der Waals surface area contributed by atoms with E-state index < -0.39 is 0 Å². The third kappa shape index (κ3) is 4.57. The molecule has 0 spiro atoms. The number of aromatic nitrogens is 2. The fraction of sp³-hybridized carbons (Fsp3) is 0.150. The lowest BCUT2D eigenvalue weighted by atomic mass is 10.2. The van der Waals surface area contributed by atoms with E-state index in [9.17, 15) is 4.79 Å². The van der Waals surface area contributed by atoms with Crippen LogP contribution in [-0.4, -0.2) is 22.0 Å². The predicted molar refractivity (Wildman–Crippen MR) is 102 cm³/mol. The van der Waals surface area contributed by atoms with Gasteiger partial charge in [-0.15, -0.1) is 0 Å². The fourth-order valence-corrected chi connectivity index (χ4v) is 2.33. The van der Waals surface area contributed by atoms with Gasteiger partial charge in [-0.2, -0.15) is 0 Å². The average Bonchev–Trinajstić information content (AvgIpc) is 2.64. The number of nitrogens with zero attached hydrogens (tertiary/aromatic N) is 2. The number of hydrogen-bond acceptors (Lipinski definition) is 5. The molecule has 0 radical (unpaired) electrons. The molecular formula is C20H20N4O2. The molecule has 0 aliphatic heterocycles. The molecule has 0 saturated carbocycles. The quantitative estimate of drug-likeness (QED) is 0.696. The zero-order chi connectivity index (χ0) is 18.4. The molecule has 6 nitrogen and oxygen atoms in total. The molecule has 0 atom stereocenters. The molecule has 6 heteroatoms. The van der Waals surface area contributed by atoms with Crippen molar-refractivity contribution in [3.8, 4) is 5.75 Å². The summed E-state index contributed by atoms with van der Waals surface area (Å²) in [5.41, 5.74) is 1.75. The number of anilines is 3. The summed E-state index contributed by atoms with van der Waals surface area (Å²) in [4.78, 5) is 20.6. The minimum absolute atomic E-state index is 0.0514. The summed E-state index contributed by atoms with van der Waals surface area (Å²) in [5.74, 6) is 0.933. The van der Waals surface area contributed by atoms with E-state index in [0.29, 0.717) is 11.5 Å². The number of benzene rings is 2. The van der Waals surface area contributed by atoms with Crippen molar-refractivity contribution in [1.29, 1.82) is 0 Å². The molecule has 0 aliphatic rings. The maximum Gasteiger partial charge on any atom is 0.274 e. The van der Waals surface area contributed by atoms with Gasteiger partial charge in [0.25, 0.3) is 5.91 Å². The van der Waals surface area contributed by atoms with Crippen LogP contribution in [0.15, 0.2) is 67.0 Å². The van der Waals surface area contributed by atoms with Crippen molar-refractivity contribution in [2.24, 2.45) is 0 Å². The number of carbonyl (C=O) groups excluding carboxylic acids is 1. The topological polar surface area (TPSA) is 76.1 Å². The summed E-state index contributed by atoms with van der Waals surface area (Å²) < 4.78 is 5.79. The van der Waals surface area contributed by atoms with Gasteiger partial charge >= 0.3 is 0 Å². The molecule has 3 aromatic rings. The highest BCUT2D eigenvalue weighted by Crippen LogP contribution is 2.27. The first-order chi connectivity index (χ1) is 12.6. The minimum atomic E-state index is -0.298. The van der Waals surface area contributed by atoms with Gasteiger partial charge in [0.1, 0.15) is 23.6 Å². The number of para-hydroxylation sites is 3. The summed E-state index contributed by atoms with van der Waals surface area (Å²) >= 11 is 0. The third-order valence-corrected chi connectivity index (χ3v) is 3.44. The lowest BCUT2D eigenvalue weighted by molar-refractivity contribution is 0.102. The number of hydrogen-bond donors (Lipinski definition) is 2. The SMILES string of the molecule is CC(C)Oc1ccccc1Nc1cc(C(=O)Nc2ccccc2)ncn1. The smallest absolute Gasteiger partial charge is 0.274 e. The van der Waals surface area contributed by atoms with E-state index >= 15 is 0 Å². The van der Waals surface area contributed by atoms with E-state index in [2.05, 4.69) is 20.6 Å². The highest BCUT2D eigenvalue weighted by atomic mass is 16.5. The maximum absolute atomic E-state index is 12.4. The Balaban J connectivity index is 1.77. The van der Waals surface area contributed by atoms with Crippen LogP contribution >= 0.6 is 0 Å². The minimum Gasteiger partial charge on any atom is -0.489 e. The van der Waals surface area contributed by atoms with Gasteiger partial charge in [0.15, 0.2) is 0 Å². The second-order valence-corrected chi connectivity index (χ2v) is 5.90. The molecule has 2 N–H and O–H groups in total. The summed E-state index contributed by atoms with van der Waals surface area (Å²) in [5, 5.41) is 5.99. The lowest BCUT2D eigenvalue weighted by Gasteiger charge is -2.15. The first-order valence-corrected chi connectivity index (χ1v) is 8.33. The Labute approximate surface area is 152 Å². The summed E-state index contributed by atoms with van der Waals surface area (Å²) in [6, 6.07) is 18.4. The highest BCUT2D eigenvalue weighted by molar-refractivity contribution is 6.03. The molecule has 26 heavy (non-hydrogen) atoms. The van der Waals surface area contributed by atoms with Crippen molar-refractivity contribution in [3.05, 3.63) is 72.7 Å². The Bertz CT molecular complexity index is 882. The number of amides is 1. The Hall–Kier alpha value is -3.41. The molecule has 1 aromatic heterocycles. The largest absolute Gasteiger partial charge is 0.489 e. The van der Waals surface area contributed by atoms with Gasteiger partial charge < -0.3 is 15.4 Å². The molecular weight excluding hydrogens is 328 g/mol. The average molecular weight is 348 g/mol.